The maximum atomic E-state index is 2.91. The molecule has 6 aromatic carbocycles. The smallest absolute Gasteiger partial charge is 0.147 e. The Balaban J connectivity index is 0.00000266. The Morgan fingerprint density at radius 1 is 0.500 bits per heavy atom. The van der Waals surface area contributed by atoms with Crippen molar-refractivity contribution in [1.82, 2.24) is 0 Å². The van der Waals surface area contributed by atoms with Crippen molar-refractivity contribution in [3.05, 3.63) is 155 Å². The second-order valence-corrected chi connectivity index (χ2v) is 47.7. The van der Waals surface area contributed by atoms with Crippen molar-refractivity contribution in [2.45, 2.75) is 84.7 Å². The second-order valence-electron chi connectivity index (χ2n) is 19.3. The summed E-state index contributed by atoms with van der Waals surface area (Å²) in [5.41, 5.74) is 18.2. The van der Waals surface area contributed by atoms with E-state index in [-0.39, 0.29) is 35.6 Å². The molecule has 0 N–H and O–H groups in total. The number of halogens is 2. The minimum Gasteiger partial charge on any atom is -0.147 e. The van der Waals surface area contributed by atoms with Crippen molar-refractivity contribution < 1.29 is 17.4 Å². The maximum absolute atomic E-state index is 4.13. The van der Waals surface area contributed by atoms with Gasteiger partial charge in [0.25, 0.3) is 0 Å². The quantitative estimate of drug-likeness (QED) is 0.146. The Hall–Kier alpha value is -3.00. The predicted octanol–water partition coefficient (Wildman–Crippen LogP) is 15.7. The van der Waals surface area contributed by atoms with Gasteiger partial charge < -0.3 is 0 Å². The van der Waals surface area contributed by atoms with E-state index < -0.39 is 17.4 Å². The van der Waals surface area contributed by atoms with Crippen LogP contribution in [0.25, 0.3) is 54.9 Å². The van der Waals surface area contributed by atoms with E-state index in [0.29, 0.717) is 7.25 Å². The summed E-state index contributed by atoms with van der Waals surface area (Å²) in [6.45, 7) is 25.0. The van der Waals surface area contributed by atoms with Crippen LogP contribution in [0, 0.1) is 10.8 Å². The molecular formula is C52H60Cl2SiZr. The Labute approximate surface area is 351 Å². The third kappa shape index (κ3) is 6.51. The monoisotopic (exact) mass is 872 g/mol. The van der Waals surface area contributed by atoms with E-state index in [4.69, 9.17) is 0 Å². The molecule has 0 saturated carbocycles. The zero-order valence-electron chi connectivity index (χ0n) is 35.1. The largest absolute Gasteiger partial charge is 0.147 e. The molecule has 2 aliphatic rings. The van der Waals surface area contributed by atoms with Gasteiger partial charge in [-0.1, -0.05) is 0 Å². The van der Waals surface area contributed by atoms with Crippen molar-refractivity contribution in [1.29, 1.82) is 0 Å². The molecule has 8 rings (SSSR count). The van der Waals surface area contributed by atoms with E-state index in [2.05, 4.69) is 195 Å². The summed E-state index contributed by atoms with van der Waals surface area (Å²) in [4.78, 5) is 0. The average Bonchev–Trinajstić information content (AvgIpc) is 3.64. The van der Waals surface area contributed by atoms with Crippen LogP contribution in [0.1, 0.15) is 98.2 Å². The molecule has 0 spiro atoms. The molecule has 290 valence electrons. The maximum Gasteiger partial charge on any atom is -0.147 e. The third-order valence-corrected chi connectivity index (χ3v) is 36.5. The average molecular weight is 875 g/mol. The van der Waals surface area contributed by atoms with Gasteiger partial charge in [-0.3, -0.25) is 0 Å². The van der Waals surface area contributed by atoms with E-state index in [9.17, 15) is 0 Å². The van der Waals surface area contributed by atoms with Crippen LogP contribution in [0.15, 0.2) is 132 Å². The van der Waals surface area contributed by atoms with Crippen molar-refractivity contribution >= 4 is 64.4 Å². The normalized spacial score (nSPS) is 17.2. The molecule has 2 unspecified atom stereocenters. The van der Waals surface area contributed by atoms with Gasteiger partial charge >= 0.3 is 330 Å². The summed E-state index contributed by atoms with van der Waals surface area (Å²) in [7, 11) is 0. The van der Waals surface area contributed by atoms with Crippen LogP contribution in [0.4, 0.5) is 0 Å². The molecule has 2 aliphatic carbocycles. The molecule has 0 aromatic heterocycles. The summed E-state index contributed by atoms with van der Waals surface area (Å²) in [6, 6.07) is 46.3. The number of allylic oxidation sites excluding steroid dienone is 4. The molecule has 0 heterocycles. The predicted molar refractivity (Wildman–Crippen MR) is 252 cm³/mol. The van der Waals surface area contributed by atoms with Crippen molar-refractivity contribution in [3.8, 4) is 22.3 Å². The van der Waals surface area contributed by atoms with Gasteiger partial charge in [0.05, 0.1) is 0 Å². The van der Waals surface area contributed by atoms with E-state index in [1.54, 1.807) is 22.3 Å². The summed E-state index contributed by atoms with van der Waals surface area (Å²) in [6.07, 6.45) is 1.21. The Bertz CT molecular complexity index is 2460. The van der Waals surface area contributed by atoms with E-state index in [1.165, 1.54) is 76.6 Å². The van der Waals surface area contributed by atoms with Crippen LogP contribution >= 0.6 is 24.8 Å². The molecule has 56 heavy (non-hydrogen) atoms. The number of hydrogen-bond acceptors (Lipinski definition) is 0. The second kappa shape index (κ2) is 15.0. The summed E-state index contributed by atoms with van der Waals surface area (Å²) in [5.74, 6) is 0. The van der Waals surface area contributed by atoms with E-state index in [1.807, 2.05) is 0 Å². The van der Waals surface area contributed by atoms with Gasteiger partial charge in [-0.2, -0.15) is 0 Å². The molecule has 0 aliphatic heterocycles. The van der Waals surface area contributed by atoms with Gasteiger partial charge in [-0.15, -0.1) is 24.8 Å². The summed E-state index contributed by atoms with van der Waals surface area (Å²) in [5, 5.41) is 5.30. The molecule has 6 aromatic rings. The molecule has 0 amide bonds. The number of rotatable bonds is 6. The third-order valence-electron chi connectivity index (χ3n) is 13.4. The van der Waals surface area contributed by atoms with E-state index >= 15 is 0 Å². The van der Waals surface area contributed by atoms with Gasteiger partial charge in [0, 0.05) is 0 Å². The van der Waals surface area contributed by atoms with Gasteiger partial charge in [0.2, 0.25) is 0 Å². The standard InChI is InChI=1S/2C24H23.C3H7.CH3.2ClH.H2Si.Zr/c2*1-16-22(24(2,3)4)15-18-11-8-14-21(23(16)18)20-13-7-10-17-9-5-6-12-19(17)20;1-3-2;;;;;/h2*5-15H,1-4H3;1,3H2,2H3;1H3;2*1H;1H2;. The minimum atomic E-state index is -4.13. The fraction of sp³-hybridized carbons (Fsp3) is 0.308. The first kappa shape index (κ1) is 42.6. The van der Waals surface area contributed by atoms with Gasteiger partial charge in [-0.05, 0) is 0 Å². The molecule has 0 radical (unpaired) electrons. The van der Waals surface area contributed by atoms with Crippen molar-refractivity contribution in [2.24, 2.45) is 10.8 Å². The Kier molecular flexibility index (Phi) is 11.4. The fourth-order valence-corrected chi connectivity index (χ4v) is 37.9. The zero-order chi connectivity index (χ0) is 38.4. The van der Waals surface area contributed by atoms with Crippen LogP contribution in [0.5, 0.6) is 0 Å². The molecule has 0 saturated heterocycles. The molecule has 0 bridgehead atoms. The molecular weight excluding hydrogens is 815 g/mol. The first-order valence-corrected chi connectivity index (χ1v) is 33.2. The molecule has 0 nitrogen and oxygen atoms in total. The van der Waals surface area contributed by atoms with Crippen molar-refractivity contribution in [3.63, 3.8) is 0 Å². The number of fused-ring (bicyclic) bond motifs is 4. The first-order chi connectivity index (χ1) is 25.6. The minimum absolute atomic E-state index is 0. The van der Waals surface area contributed by atoms with E-state index in [0.717, 1.165) is 0 Å². The Morgan fingerprint density at radius 2 is 0.839 bits per heavy atom. The number of hydrogen-bond donors (Lipinski definition) is 0. The first-order valence-electron chi connectivity index (χ1n) is 20.3. The van der Waals surface area contributed by atoms with Crippen LogP contribution in [-0.2, 0) is 17.4 Å². The molecule has 2 atom stereocenters. The summed E-state index contributed by atoms with van der Waals surface area (Å²) < 4.78 is 5.12. The van der Waals surface area contributed by atoms with Crippen molar-refractivity contribution in [2.75, 3.05) is 0 Å². The van der Waals surface area contributed by atoms with Gasteiger partial charge in [-0.25, -0.2) is 0 Å². The Morgan fingerprint density at radius 3 is 1.21 bits per heavy atom. The van der Waals surface area contributed by atoms with Gasteiger partial charge in [0.15, 0.2) is 0 Å². The van der Waals surface area contributed by atoms with Crippen LogP contribution in [0.2, 0.25) is 8.76 Å². The van der Waals surface area contributed by atoms with Crippen LogP contribution in [-0.4, -0.2) is 6.88 Å². The molecule has 4 heteroatoms. The fourth-order valence-electron chi connectivity index (χ4n) is 11.8. The SMILES string of the molecule is CC[CH2][Zr]([CH3])(=[SiH2])([CH]1C(C(C)(C)C)=C(C)c2c(-c3cccc4ccccc34)cccc21)[CH]1C(C(C)(C)C)=C(C)c2c(-c3cccc4ccccc34)cccc21.Cl.Cl. The molecule has 0 fully saturated rings. The number of benzene rings is 6. The zero-order valence-corrected chi connectivity index (χ0v) is 40.6. The van der Waals surface area contributed by atoms with Gasteiger partial charge in [0.1, 0.15) is 0 Å². The summed E-state index contributed by atoms with van der Waals surface area (Å²) >= 11 is -4.13. The van der Waals surface area contributed by atoms with Crippen LogP contribution in [0.3, 0.4) is 0 Å². The van der Waals surface area contributed by atoms with Crippen LogP contribution < -0.4 is 0 Å². The topological polar surface area (TPSA) is 0 Å².